The zero-order valence-corrected chi connectivity index (χ0v) is 12.4. The zero-order valence-electron chi connectivity index (χ0n) is 12.4. The molecule has 1 fully saturated rings. The number of rotatable bonds is 1. The molecule has 1 saturated heterocycles. The molecule has 0 saturated carbocycles. The maximum atomic E-state index is 6.59. The minimum Gasteiger partial charge on any atom is -0.486 e. The highest BCUT2D eigenvalue weighted by Crippen LogP contribution is 2.47. The largest absolute Gasteiger partial charge is 0.486 e. The molecule has 3 nitrogen and oxygen atoms in total. The van der Waals surface area contributed by atoms with Gasteiger partial charge in [0.25, 0.3) is 0 Å². The molecule has 0 amide bonds. The first kappa shape index (κ1) is 13.1. The first-order valence-corrected chi connectivity index (χ1v) is 7.75. The monoisotopic (exact) mass is 283 g/mol. The van der Waals surface area contributed by atoms with E-state index in [1.54, 1.807) is 0 Å². The molecule has 2 aliphatic heterocycles. The Kier molecular flexibility index (Phi) is 3.12. The quantitative estimate of drug-likeness (QED) is 0.869. The third-order valence-corrected chi connectivity index (χ3v) is 4.93. The molecular weight excluding hydrogens is 262 g/mol. The number of fused-ring (bicyclic) bond motifs is 3. The SMILES string of the molecule is COC1CC2(CCNCC2)Oc2c1ccc1ccccc21. The average molecular weight is 283 g/mol. The van der Waals surface area contributed by atoms with Gasteiger partial charge >= 0.3 is 0 Å². The summed E-state index contributed by atoms with van der Waals surface area (Å²) in [5.41, 5.74) is 1.13. The molecule has 2 aromatic rings. The van der Waals surface area contributed by atoms with E-state index in [9.17, 15) is 0 Å². The zero-order chi connectivity index (χ0) is 14.3. The van der Waals surface area contributed by atoms with Crippen molar-refractivity contribution in [3.8, 4) is 5.75 Å². The Bertz CT molecular complexity index is 661. The first-order valence-electron chi connectivity index (χ1n) is 7.75. The molecule has 0 aliphatic carbocycles. The van der Waals surface area contributed by atoms with Crippen LogP contribution in [0.1, 0.15) is 30.9 Å². The van der Waals surface area contributed by atoms with Crippen molar-refractivity contribution < 1.29 is 9.47 Å². The minimum absolute atomic E-state index is 0.0664. The van der Waals surface area contributed by atoms with Gasteiger partial charge < -0.3 is 14.8 Å². The van der Waals surface area contributed by atoms with Gasteiger partial charge in [0.05, 0.1) is 6.10 Å². The van der Waals surface area contributed by atoms with Crippen molar-refractivity contribution in [2.75, 3.05) is 20.2 Å². The number of nitrogens with one attached hydrogen (secondary N) is 1. The van der Waals surface area contributed by atoms with Crippen LogP contribution in [0.2, 0.25) is 0 Å². The van der Waals surface area contributed by atoms with Crippen LogP contribution in [0.15, 0.2) is 36.4 Å². The number of benzene rings is 2. The maximum absolute atomic E-state index is 6.59. The van der Waals surface area contributed by atoms with E-state index in [0.29, 0.717) is 0 Å². The van der Waals surface area contributed by atoms with E-state index >= 15 is 0 Å². The van der Waals surface area contributed by atoms with E-state index in [1.165, 1.54) is 16.3 Å². The van der Waals surface area contributed by atoms with Gasteiger partial charge in [-0.15, -0.1) is 0 Å². The van der Waals surface area contributed by atoms with Gasteiger partial charge in [0.2, 0.25) is 0 Å². The topological polar surface area (TPSA) is 30.5 Å². The second-order valence-electron chi connectivity index (χ2n) is 6.17. The summed E-state index contributed by atoms with van der Waals surface area (Å²) in [6.07, 6.45) is 3.19. The molecule has 3 heteroatoms. The van der Waals surface area contributed by atoms with E-state index in [1.807, 2.05) is 7.11 Å². The fourth-order valence-corrected chi connectivity index (χ4v) is 3.73. The van der Waals surface area contributed by atoms with Gasteiger partial charge in [-0.25, -0.2) is 0 Å². The van der Waals surface area contributed by atoms with Crippen molar-refractivity contribution in [3.05, 3.63) is 42.0 Å². The Morgan fingerprint density at radius 2 is 1.95 bits per heavy atom. The van der Waals surface area contributed by atoms with Crippen LogP contribution in [-0.4, -0.2) is 25.8 Å². The standard InChI is InChI=1S/C18H21NO2/c1-20-16-12-18(8-10-19-11-9-18)21-17-14-5-3-2-4-13(14)6-7-15(16)17/h2-7,16,19H,8-12H2,1H3. The van der Waals surface area contributed by atoms with Crippen molar-refractivity contribution in [1.82, 2.24) is 5.32 Å². The van der Waals surface area contributed by atoms with E-state index in [0.717, 1.165) is 38.1 Å². The van der Waals surface area contributed by atoms with Crippen LogP contribution in [0.25, 0.3) is 10.8 Å². The van der Waals surface area contributed by atoms with E-state index in [2.05, 4.69) is 41.7 Å². The summed E-state index contributed by atoms with van der Waals surface area (Å²) in [4.78, 5) is 0. The molecule has 2 aliphatic rings. The highest BCUT2D eigenvalue weighted by Gasteiger charge is 2.42. The van der Waals surface area contributed by atoms with Crippen LogP contribution >= 0.6 is 0 Å². The Labute approximate surface area is 125 Å². The van der Waals surface area contributed by atoms with Gasteiger partial charge in [0, 0.05) is 24.5 Å². The number of piperidine rings is 1. The average Bonchev–Trinajstić information content (AvgIpc) is 2.55. The second-order valence-corrected chi connectivity index (χ2v) is 6.17. The molecule has 4 rings (SSSR count). The number of hydrogen-bond acceptors (Lipinski definition) is 3. The molecule has 1 spiro atoms. The Hall–Kier alpha value is -1.58. The molecule has 0 bridgehead atoms. The van der Waals surface area contributed by atoms with E-state index in [4.69, 9.17) is 9.47 Å². The first-order chi connectivity index (χ1) is 10.3. The molecule has 21 heavy (non-hydrogen) atoms. The van der Waals surface area contributed by atoms with E-state index in [-0.39, 0.29) is 11.7 Å². The molecule has 1 N–H and O–H groups in total. The summed E-state index contributed by atoms with van der Waals surface area (Å²) in [6, 6.07) is 12.8. The summed E-state index contributed by atoms with van der Waals surface area (Å²) in [7, 11) is 1.81. The normalized spacial score (nSPS) is 23.8. The second kappa shape index (κ2) is 5.00. The van der Waals surface area contributed by atoms with E-state index < -0.39 is 0 Å². The molecule has 1 unspecified atom stereocenters. The van der Waals surface area contributed by atoms with Crippen molar-refractivity contribution in [2.45, 2.75) is 31.0 Å². The maximum Gasteiger partial charge on any atom is 0.133 e. The van der Waals surface area contributed by atoms with Gasteiger partial charge in [-0.1, -0.05) is 36.4 Å². The lowest BCUT2D eigenvalue weighted by atomic mass is 9.81. The third kappa shape index (κ3) is 2.12. The molecule has 0 aromatic heterocycles. The lowest BCUT2D eigenvalue weighted by Crippen LogP contribution is -2.49. The van der Waals surface area contributed by atoms with Crippen LogP contribution in [0.3, 0.4) is 0 Å². The number of ether oxygens (including phenoxy) is 2. The van der Waals surface area contributed by atoms with Crippen molar-refractivity contribution >= 4 is 10.8 Å². The fourth-order valence-electron chi connectivity index (χ4n) is 3.73. The van der Waals surface area contributed by atoms with Crippen LogP contribution in [0, 0.1) is 0 Å². The van der Waals surface area contributed by atoms with Crippen LogP contribution < -0.4 is 10.1 Å². The Balaban J connectivity index is 1.87. The molecule has 2 heterocycles. The molecular formula is C18H21NO2. The van der Waals surface area contributed by atoms with Crippen molar-refractivity contribution in [1.29, 1.82) is 0 Å². The summed E-state index contributed by atoms with van der Waals surface area (Å²) < 4.78 is 12.4. The predicted molar refractivity (Wildman–Crippen MR) is 83.8 cm³/mol. The number of hydrogen-bond donors (Lipinski definition) is 1. The van der Waals surface area contributed by atoms with Gasteiger partial charge in [0.15, 0.2) is 0 Å². The lowest BCUT2D eigenvalue weighted by molar-refractivity contribution is -0.0467. The van der Waals surface area contributed by atoms with Gasteiger partial charge in [-0.3, -0.25) is 0 Å². The minimum atomic E-state index is -0.0664. The van der Waals surface area contributed by atoms with Crippen molar-refractivity contribution in [2.24, 2.45) is 0 Å². The van der Waals surface area contributed by atoms with Crippen LogP contribution in [0.5, 0.6) is 5.75 Å². The predicted octanol–water partition coefficient (Wildman–Crippen LogP) is 3.43. The van der Waals surface area contributed by atoms with Crippen molar-refractivity contribution in [3.63, 3.8) is 0 Å². The summed E-state index contributed by atoms with van der Waals surface area (Å²) >= 11 is 0. The Morgan fingerprint density at radius 1 is 1.14 bits per heavy atom. The number of methoxy groups -OCH3 is 1. The Morgan fingerprint density at radius 3 is 2.76 bits per heavy atom. The lowest BCUT2D eigenvalue weighted by Gasteiger charge is -2.44. The molecule has 110 valence electrons. The highest BCUT2D eigenvalue weighted by atomic mass is 16.5. The van der Waals surface area contributed by atoms with Crippen LogP contribution in [-0.2, 0) is 4.74 Å². The van der Waals surface area contributed by atoms with Gasteiger partial charge in [0.1, 0.15) is 11.4 Å². The molecule has 2 aromatic carbocycles. The molecule has 0 radical (unpaired) electrons. The van der Waals surface area contributed by atoms with Gasteiger partial charge in [-0.05, 0) is 31.3 Å². The smallest absolute Gasteiger partial charge is 0.133 e. The van der Waals surface area contributed by atoms with Crippen LogP contribution in [0.4, 0.5) is 0 Å². The molecule has 1 atom stereocenters. The highest BCUT2D eigenvalue weighted by molar-refractivity contribution is 5.90. The summed E-state index contributed by atoms with van der Waals surface area (Å²) in [5.74, 6) is 1.04. The third-order valence-electron chi connectivity index (χ3n) is 4.93. The van der Waals surface area contributed by atoms with Gasteiger partial charge in [-0.2, -0.15) is 0 Å². The summed E-state index contributed by atoms with van der Waals surface area (Å²) in [5, 5.41) is 5.87. The fraction of sp³-hybridized carbons (Fsp3) is 0.444. The summed E-state index contributed by atoms with van der Waals surface area (Å²) in [6.45, 7) is 2.05.